The van der Waals surface area contributed by atoms with Crippen molar-refractivity contribution in [3.05, 3.63) is 64.7 Å². The van der Waals surface area contributed by atoms with Crippen LogP contribution < -0.4 is 11.1 Å². The van der Waals surface area contributed by atoms with E-state index in [9.17, 15) is 18.0 Å². The molecule has 1 aliphatic heterocycles. The Labute approximate surface area is 187 Å². The molecular formula is C22H21ClF3N5O. The van der Waals surface area contributed by atoms with Crippen molar-refractivity contribution in [1.29, 1.82) is 0 Å². The van der Waals surface area contributed by atoms with Crippen LogP contribution in [0, 0.1) is 17.5 Å². The van der Waals surface area contributed by atoms with Gasteiger partial charge in [-0.05, 0) is 50.2 Å². The number of nitrogens with two attached hydrogens (primary N) is 1. The SMILES string of the molecule is CC1(C)c2nc(-c3ccc(F)c(F)c3)c(Nc3ccc(Cl)cc3F)n2CCN1C(=O)CN. The Kier molecular flexibility index (Phi) is 5.64. The van der Waals surface area contributed by atoms with E-state index in [1.54, 1.807) is 4.90 Å². The zero-order valence-corrected chi connectivity index (χ0v) is 18.2. The highest BCUT2D eigenvalue weighted by Gasteiger charge is 2.41. The van der Waals surface area contributed by atoms with Gasteiger partial charge in [0.15, 0.2) is 11.6 Å². The Morgan fingerprint density at radius 2 is 1.88 bits per heavy atom. The van der Waals surface area contributed by atoms with Gasteiger partial charge in [0.05, 0.1) is 17.8 Å². The zero-order valence-electron chi connectivity index (χ0n) is 17.4. The van der Waals surface area contributed by atoms with Crippen molar-refractivity contribution in [3.8, 4) is 11.3 Å². The van der Waals surface area contributed by atoms with Gasteiger partial charge in [-0.1, -0.05) is 11.6 Å². The number of carbonyl (C=O) groups is 1. The van der Waals surface area contributed by atoms with Gasteiger partial charge in [-0.25, -0.2) is 18.2 Å². The molecule has 168 valence electrons. The second-order valence-electron chi connectivity index (χ2n) is 7.97. The fourth-order valence-electron chi connectivity index (χ4n) is 3.97. The van der Waals surface area contributed by atoms with Crippen molar-refractivity contribution < 1.29 is 18.0 Å². The van der Waals surface area contributed by atoms with Gasteiger partial charge in [-0.3, -0.25) is 4.79 Å². The topological polar surface area (TPSA) is 76.2 Å². The highest BCUT2D eigenvalue weighted by atomic mass is 35.5. The van der Waals surface area contributed by atoms with Crippen molar-refractivity contribution in [2.24, 2.45) is 5.73 Å². The molecule has 0 atom stereocenters. The number of benzene rings is 2. The van der Waals surface area contributed by atoms with Crippen LogP contribution in [0.15, 0.2) is 36.4 Å². The van der Waals surface area contributed by atoms with Gasteiger partial charge in [0, 0.05) is 23.7 Å². The molecule has 3 aromatic rings. The predicted octanol–water partition coefficient (Wildman–Crippen LogP) is 4.40. The summed E-state index contributed by atoms with van der Waals surface area (Å²) in [5, 5.41) is 3.26. The van der Waals surface area contributed by atoms with E-state index in [-0.39, 0.29) is 23.2 Å². The summed E-state index contributed by atoms with van der Waals surface area (Å²) in [6.07, 6.45) is 0. The van der Waals surface area contributed by atoms with Gasteiger partial charge in [-0.2, -0.15) is 0 Å². The average molecular weight is 464 g/mol. The maximum absolute atomic E-state index is 14.5. The summed E-state index contributed by atoms with van der Waals surface area (Å²) >= 11 is 5.86. The van der Waals surface area contributed by atoms with Gasteiger partial charge in [0.2, 0.25) is 5.91 Å². The summed E-state index contributed by atoms with van der Waals surface area (Å²) in [5.41, 5.74) is 5.46. The van der Waals surface area contributed by atoms with Crippen molar-refractivity contribution >= 4 is 29.0 Å². The first kappa shape index (κ1) is 22.2. The van der Waals surface area contributed by atoms with Crippen LogP contribution in [0.25, 0.3) is 11.3 Å². The highest BCUT2D eigenvalue weighted by Crippen LogP contribution is 2.40. The first-order valence-corrected chi connectivity index (χ1v) is 10.3. The van der Waals surface area contributed by atoms with Crippen molar-refractivity contribution in [2.75, 3.05) is 18.4 Å². The van der Waals surface area contributed by atoms with Gasteiger partial charge >= 0.3 is 0 Å². The third-order valence-electron chi connectivity index (χ3n) is 5.59. The van der Waals surface area contributed by atoms with E-state index < -0.39 is 23.0 Å². The lowest BCUT2D eigenvalue weighted by Gasteiger charge is -2.42. The summed E-state index contributed by atoms with van der Waals surface area (Å²) in [6.45, 7) is 4.18. The molecule has 10 heteroatoms. The maximum Gasteiger partial charge on any atom is 0.237 e. The van der Waals surface area contributed by atoms with Crippen LogP contribution in [-0.2, 0) is 16.9 Å². The third-order valence-corrected chi connectivity index (χ3v) is 5.82. The number of halogens is 4. The van der Waals surface area contributed by atoms with Crippen LogP contribution in [-0.4, -0.2) is 33.4 Å². The fourth-order valence-corrected chi connectivity index (χ4v) is 4.13. The largest absolute Gasteiger partial charge is 0.337 e. The molecule has 0 saturated carbocycles. The molecule has 2 heterocycles. The van der Waals surface area contributed by atoms with Crippen LogP contribution in [0.4, 0.5) is 24.7 Å². The minimum absolute atomic E-state index is 0.138. The molecule has 1 aliphatic rings. The number of rotatable bonds is 4. The van der Waals surface area contributed by atoms with E-state index in [0.717, 1.165) is 12.1 Å². The number of nitrogens with one attached hydrogen (secondary N) is 1. The summed E-state index contributed by atoms with van der Waals surface area (Å²) in [4.78, 5) is 18.7. The molecule has 1 aromatic heterocycles. The molecule has 4 rings (SSSR count). The molecule has 32 heavy (non-hydrogen) atoms. The standard InChI is InChI=1S/C22H21ClF3N5O/c1-22(2)21-29-19(12-3-5-14(24)15(25)9-12)20(28-17-6-4-13(23)10-16(17)26)30(21)7-8-31(22)18(32)11-27/h3-6,9-10,28H,7-8,11,27H2,1-2H3. The van der Waals surface area contributed by atoms with Crippen LogP contribution in [0.2, 0.25) is 5.02 Å². The van der Waals surface area contributed by atoms with E-state index in [1.807, 2.05) is 18.4 Å². The summed E-state index contributed by atoms with van der Waals surface area (Å²) < 4.78 is 43.9. The lowest BCUT2D eigenvalue weighted by Crippen LogP contribution is -2.53. The number of nitrogens with zero attached hydrogens (tertiary/aromatic N) is 3. The lowest BCUT2D eigenvalue weighted by molar-refractivity contribution is -0.137. The second-order valence-corrected chi connectivity index (χ2v) is 8.41. The van der Waals surface area contributed by atoms with E-state index in [0.29, 0.717) is 36.0 Å². The van der Waals surface area contributed by atoms with Crippen molar-refractivity contribution in [1.82, 2.24) is 14.5 Å². The Balaban J connectivity index is 1.90. The van der Waals surface area contributed by atoms with Gasteiger partial charge in [-0.15, -0.1) is 0 Å². The number of anilines is 2. The molecule has 0 fully saturated rings. The Morgan fingerprint density at radius 1 is 1.12 bits per heavy atom. The molecule has 0 saturated heterocycles. The normalized spacial score (nSPS) is 14.9. The maximum atomic E-state index is 14.5. The monoisotopic (exact) mass is 463 g/mol. The number of carbonyl (C=O) groups excluding carboxylic acids is 1. The number of hydrogen-bond acceptors (Lipinski definition) is 4. The van der Waals surface area contributed by atoms with E-state index >= 15 is 0 Å². The minimum Gasteiger partial charge on any atom is -0.337 e. The fraction of sp³-hybridized carbons (Fsp3) is 0.273. The van der Waals surface area contributed by atoms with Gasteiger partial charge in [0.1, 0.15) is 23.2 Å². The second kappa shape index (κ2) is 8.14. The van der Waals surface area contributed by atoms with E-state index in [2.05, 4.69) is 10.3 Å². The summed E-state index contributed by atoms with van der Waals surface area (Å²) in [7, 11) is 0. The number of aromatic nitrogens is 2. The van der Waals surface area contributed by atoms with Crippen molar-refractivity contribution in [2.45, 2.75) is 25.9 Å². The number of hydrogen-bond donors (Lipinski definition) is 2. The van der Waals surface area contributed by atoms with E-state index in [4.69, 9.17) is 17.3 Å². The van der Waals surface area contributed by atoms with Gasteiger partial charge < -0.3 is 20.5 Å². The average Bonchev–Trinajstić information content (AvgIpc) is 3.11. The molecule has 0 radical (unpaired) electrons. The van der Waals surface area contributed by atoms with E-state index in [1.165, 1.54) is 24.3 Å². The molecule has 0 aliphatic carbocycles. The number of amides is 1. The molecule has 3 N–H and O–H groups in total. The van der Waals surface area contributed by atoms with Crippen LogP contribution >= 0.6 is 11.6 Å². The Bertz CT molecular complexity index is 1210. The van der Waals surface area contributed by atoms with Crippen LogP contribution in [0.5, 0.6) is 0 Å². The molecular weight excluding hydrogens is 443 g/mol. The van der Waals surface area contributed by atoms with Crippen LogP contribution in [0.1, 0.15) is 19.7 Å². The Hall–Kier alpha value is -3.04. The first-order valence-electron chi connectivity index (χ1n) is 9.92. The summed E-state index contributed by atoms with van der Waals surface area (Å²) in [6, 6.07) is 7.61. The molecule has 2 aromatic carbocycles. The number of fused-ring (bicyclic) bond motifs is 1. The zero-order chi connectivity index (χ0) is 23.2. The molecule has 0 spiro atoms. The Morgan fingerprint density at radius 3 is 2.53 bits per heavy atom. The highest BCUT2D eigenvalue weighted by molar-refractivity contribution is 6.30. The smallest absolute Gasteiger partial charge is 0.237 e. The molecule has 0 bridgehead atoms. The third kappa shape index (κ3) is 3.71. The predicted molar refractivity (Wildman–Crippen MR) is 116 cm³/mol. The molecule has 0 unspecified atom stereocenters. The van der Waals surface area contributed by atoms with Crippen LogP contribution in [0.3, 0.4) is 0 Å². The van der Waals surface area contributed by atoms with Gasteiger partial charge in [0.25, 0.3) is 0 Å². The molecule has 6 nitrogen and oxygen atoms in total. The quantitative estimate of drug-likeness (QED) is 0.601. The van der Waals surface area contributed by atoms with Crippen molar-refractivity contribution in [3.63, 3.8) is 0 Å². The molecule has 1 amide bonds. The lowest BCUT2D eigenvalue weighted by atomic mass is 9.99. The minimum atomic E-state index is -1.03. The number of imidazole rings is 1. The summed E-state index contributed by atoms with van der Waals surface area (Å²) in [5.74, 6) is -1.95. The first-order chi connectivity index (χ1) is 15.1.